The third-order valence-electron chi connectivity index (χ3n) is 3.62. The molecule has 2 aromatic rings. The van der Waals surface area contributed by atoms with Crippen LogP contribution >= 0.6 is 0 Å². The highest BCUT2D eigenvalue weighted by Gasteiger charge is 2.05. The second-order valence-corrected chi connectivity index (χ2v) is 5.84. The van der Waals surface area contributed by atoms with Crippen molar-refractivity contribution < 1.29 is 9.59 Å². The van der Waals surface area contributed by atoms with Gasteiger partial charge in [-0.05, 0) is 54.7 Å². The fraction of sp³-hybridized carbons (Fsp3) is 0.263. The monoisotopic (exact) mass is 310 g/mol. The van der Waals surface area contributed by atoms with Crippen molar-refractivity contribution in [3.8, 4) is 0 Å². The Kier molecular flexibility index (Phi) is 5.16. The van der Waals surface area contributed by atoms with E-state index in [-0.39, 0.29) is 11.8 Å². The summed E-state index contributed by atoms with van der Waals surface area (Å²) in [6, 6.07) is 12.1. The maximum atomic E-state index is 11.3. The van der Waals surface area contributed by atoms with Crippen molar-refractivity contribution in [2.75, 3.05) is 10.6 Å². The van der Waals surface area contributed by atoms with E-state index in [0.29, 0.717) is 0 Å². The summed E-state index contributed by atoms with van der Waals surface area (Å²) in [5.41, 5.74) is 6.05. The van der Waals surface area contributed by atoms with Gasteiger partial charge < -0.3 is 10.6 Å². The van der Waals surface area contributed by atoms with Crippen molar-refractivity contribution in [3.05, 3.63) is 58.7 Å². The molecule has 0 bridgehead atoms. The molecule has 4 heteroatoms. The van der Waals surface area contributed by atoms with E-state index in [9.17, 15) is 9.59 Å². The van der Waals surface area contributed by atoms with Gasteiger partial charge in [-0.1, -0.05) is 24.3 Å². The summed E-state index contributed by atoms with van der Waals surface area (Å²) >= 11 is 0. The van der Waals surface area contributed by atoms with Crippen LogP contribution in [0, 0.1) is 13.8 Å². The molecule has 0 spiro atoms. The lowest BCUT2D eigenvalue weighted by molar-refractivity contribution is -0.115. The van der Waals surface area contributed by atoms with Crippen LogP contribution in [-0.2, 0) is 16.0 Å². The lowest BCUT2D eigenvalue weighted by atomic mass is 10.0. The van der Waals surface area contributed by atoms with Gasteiger partial charge in [0.05, 0.1) is 0 Å². The molecule has 0 saturated heterocycles. The first kappa shape index (κ1) is 16.7. The molecule has 2 amide bonds. The standard InChI is InChI=1S/C19H22N2O2/c1-12-5-6-17(11-19(12)21-15(4)23)10-16-7-8-18(13(2)9-16)20-14(3)22/h5-9,11H,10H2,1-4H3,(H,20,22)(H,21,23). The molecule has 0 atom stereocenters. The van der Waals surface area contributed by atoms with Crippen LogP contribution in [0.4, 0.5) is 11.4 Å². The maximum Gasteiger partial charge on any atom is 0.221 e. The molecule has 4 nitrogen and oxygen atoms in total. The van der Waals surface area contributed by atoms with E-state index in [1.54, 1.807) is 0 Å². The van der Waals surface area contributed by atoms with Crippen molar-refractivity contribution in [2.45, 2.75) is 34.1 Å². The Morgan fingerprint density at radius 1 is 0.783 bits per heavy atom. The van der Waals surface area contributed by atoms with Gasteiger partial charge in [0, 0.05) is 25.2 Å². The molecular formula is C19H22N2O2. The summed E-state index contributed by atoms with van der Waals surface area (Å²) < 4.78 is 0. The Bertz CT molecular complexity index is 751. The third-order valence-corrected chi connectivity index (χ3v) is 3.62. The summed E-state index contributed by atoms with van der Waals surface area (Å²) in [5.74, 6) is -0.139. The Hall–Kier alpha value is -2.62. The largest absolute Gasteiger partial charge is 0.326 e. The van der Waals surface area contributed by atoms with Crippen molar-refractivity contribution in [1.29, 1.82) is 0 Å². The second-order valence-electron chi connectivity index (χ2n) is 5.84. The molecular weight excluding hydrogens is 288 g/mol. The Morgan fingerprint density at radius 3 is 1.96 bits per heavy atom. The molecule has 0 fully saturated rings. The van der Waals surface area contributed by atoms with Crippen molar-refractivity contribution in [1.82, 2.24) is 0 Å². The smallest absolute Gasteiger partial charge is 0.221 e. The maximum absolute atomic E-state index is 11.3. The Balaban J connectivity index is 2.20. The number of anilines is 2. The normalized spacial score (nSPS) is 10.3. The van der Waals surface area contributed by atoms with Crippen LogP contribution in [0.3, 0.4) is 0 Å². The van der Waals surface area contributed by atoms with Crippen LogP contribution in [0.2, 0.25) is 0 Å². The molecule has 2 aromatic carbocycles. The highest BCUT2D eigenvalue weighted by atomic mass is 16.2. The molecule has 120 valence electrons. The lowest BCUT2D eigenvalue weighted by Gasteiger charge is -2.11. The summed E-state index contributed by atoms with van der Waals surface area (Å²) in [7, 11) is 0. The minimum absolute atomic E-state index is 0.0687. The molecule has 0 aliphatic rings. The SMILES string of the molecule is CC(=O)Nc1ccc(Cc2ccc(C)c(NC(C)=O)c2)cc1C. The third kappa shape index (κ3) is 4.68. The van der Waals surface area contributed by atoms with E-state index in [2.05, 4.69) is 22.8 Å². The fourth-order valence-corrected chi connectivity index (χ4v) is 2.50. The van der Waals surface area contributed by atoms with Gasteiger partial charge in [0.25, 0.3) is 0 Å². The van der Waals surface area contributed by atoms with Gasteiger partial charge in [-0.3, -0.25) is 9.59 Å². The highest BCUT2D eigenvalue weighted by Crippen LogP contribution is 2.22. The second kappa shape index (κ2) is 7.09. The van der Waals surface area contributed by atoms with Crippen LogP contribution in [0.25, 0.3) is 0 Å². The van der Waals surface area contributed by atoms with Gasteiger partial charge in [0.1, 0.15) is 0 Å². The van der Waals surface area contributed by atoms with Crippen LogP contribution < -0.4 is 10.6 Å². The zero-order valence-electron chi connectivity index (χ0n) is 14.0. The van der Waals surface area contributed by atoms with Gasteiger partial charge in [0.2, 0.25) is 11.8 Å². The number of carbonyl (C=O) groups is 2. The van der Waals surface area contributed by atoms with Crippen LogP contribution in [0.15, 0.2) is 36.4 Å². The van der Waals surface area contributed by atoms with Crippen LogP contribution in [-0.4, -0.2) is 11.8 Å². The van der Waals surface area contributed by atoms with E-state index in [1.165, 1.54) is 13.8 Å². The molecule has 2 N–H and O–H groups in total. The molecule has 0 radical (unpaired) electrons. The van der Waals surface area contributed by atoms with Gasteiger partial charge in [-0.25, -0.2) is 0 Å². The predicted molar refractivity (Wildman–Crippen MR) is 93.8 cm³/mol. The zero-order chi connectivity index (χ0) is 17.0. The number of amides is 2. The number of aryl methyl sites for hydroxylation is 2. The number of hydrogen-bond acceptors (Lipinski definition) is 2. The van der Waals surface area contributed by atoms with Crippen LogP contribution in [0.1, 0.15) is 36.1 Å². The predicted octanol–water partition coefficient (Wildman–Crippen LogP) is 3.81. The Morgan fingerprint density at radius 2 is 1.35 bits per heavy atom. The van der Waals surface area contributed by atoms with E-state index in [1.807, 2.05) is 38.1 Å². The number of hydrogen-bond donors (Lipinski definition) is 2. The molecule has 0 heterocycles. The van der Waals surface area contributed by atoms with Gasteiger partial charge in [-0.15, -0.1) is 0 Å². The molecule has 0 saturated carbocycles. The zero-order valence-corrected chi connectivity index (χ0v) is 14.0. The van der Waals surface area contributed by atoms with Crippen molar-refractivity contribution in [2.24, 2.45) is 0 Å². The van der Waals surface area contributed by atoms with Crippen molar-refractivity contribution in [3.63, 3.8) is 0 Å². The van der Waals surface area contributed by atoms with E-state index in [0.717, 1.165) is 40.0 Å². The molecule has 0 aliphatic carbocycles. The quantitative estimate of drug-likeness (QED) is 0.902. The summed E-state index contributed by atoms with van der Waals surface area (Å²) in [6.07, 6.45) is 0.772. The van der Waals surface area contributed by atoms with E-state index in [4.69, 9.17) is 0 Å². The number of rotatable bonds is 4. The average Bonchev–Trinajstić information content (AvgIpc) is 2.44. The lowest BCUT2D eigenvalue weighted by Crippen LogP contribution is -2.08. The van der Waals surface area contributed by atoms with Gasteiger partial charge >= 0.3 is 0 Å². The number of carbonyl (C=O) groups excluding carboxylic acids is 2. The highest BCUT2D eigenvalue weighted by molar-refractivity contribution is 5.90. The number of benzene rings is 2. The molecule has 0 unspecified atom stereocenters. The number of nitrogens with one attached hydrogen (secondary N) is 2. The molecule has 23 heavy (non-hydrogen) atoms. The van der Waals surface area contributed by atoms with Crippen molar-refractivity contribution >= 4 is 23.2 Å². The first-order valence-corrected chi connectivity index (χ1v) is 7.59. The van der Waals surface area contributed by atoms with Gasteiger partial charge in [-0.2, -0.15) is 0 Å². The molecule has 2 rings (SSSR count). The minimum Gasteiger partial charge on any atom is -0.326 e. The minimum atomic E-state index is -0.0701. The first-order chi connectivity index (χ1) is 10.8. The van der Waals surface area contributed by atoms with Gasteiger partial charge in [0.15, 0.2) is 0 Å². The summed E-state index contributed by atoms with van der Waals surface area (Å²) in [6.45, 7) is 6.97. The van der Waals surface area contributed by atoms with E-state index < -0.39 is 0 Å². The summed E-state index contributed by atoms with van der Waals surface area (Å²) in [5, 5.41) is 5.67. The fourth-order valence-electron chi connectivity index (χ4n) is 2.50. The van der Waals surface area contributed by atoms with E-state index >= 15 is 0 Å². The summed E-state index contributed by atoms with van der Waals surface area (Å²) in [4.78, 5) is 22.4. The molecule has 0 aliphatic heterocycles. The molecule has 0 aromatic heterocycles. The average molecular weight is 310 g/mol. The first-order valence-electron chi connectivity index (χ1n) is 7.59. The van der Waals surface area contributed by atoms with Crippen LogP contribution in [0.5, 0.6) is 0 Å². The Labute approximate surface area is 136 Å². The topological polar surface area (TPSA) is 58.2 Å².